The number of pyridine rings is 1. The SMILES string of the molecule is CCCNc1ccnc(C(=O)Nc2ccc(OCc3ccc(Cl)cc3)cc2)c1. The molecule has 3 rings (SSSR count). The van der Waals surface area contributed by atoms with Crippen LogP contribution in [0.3, 0.4) is 0 Å². The van der Waals surface area contributed by atoms with Crippen molar-refractivity contribution >= 4 is 28.9 Å². The molecule has 144 valence electrons. The summed E-state index contributed by atoms with van der Waals surface area (Å²) in [6, 6.07) is 18.3. The number of hydrogen-bond donors (Lipinski definition) is 2. The number of benzene rings is 2. The van der Waals surface area contributed by atoms with E-state index in [0.717, 1.165) is 30.0 Å². The molecule has 3 aromatic rings. The lowest BCUT2D eigenvalue weighted by atomic mass is 10.2. The Bertz CT molecular complexity index is 912. The lowest BCUT2D eigenvalue weighted by molar-refractivity contribution is 0.102. The van der Waals surface area contributed by atoms with Crippen LogP contribution >= 0.6 is 11.6 Å². The van der Waals surface area contributed by atoms with Gasteiger partial charge in [0.1, 0.15) is 18.1 Å². The number of carbonyl (C=O) groups excluding carboxylic acids is 1. The highest BCUT2D eigenvalue weighted by molar-refractivity contribution is 6.30. The van der Waals surface area contributed by atoms with Gasteiger partial charge in [-0.05, 0) is 60.5 Å². The number of anilines is 2. The van der Waals surface area contributed by atoms with E-state index in [1.54, 1.807) is 24.4 Å². The van der Waals surface area contributed by atoms with E-state index >= 15 is 0 Å². The predicted molar refractivity (Wildman–Crippen MR) is 113 cm³/mol. The third kappa shape index (κ3) is 5.72. The summed E-state index contributed by atoms with van der Waals surface area (Å²) in [7, 11) is 0. The van der Waals surface area contributed by atoms with E-state index in [0.29, 0.717) is 23.0 Å². The van der Waals surface area contributed by atoms with Crippen molar-refractivity contribution in [1.82, 2.24) is 4.98 Å². The number of aromatic nitrogens is 1. The molecule has 0 aliphatic heterocycles. The van der Waals surface area contributed by atoms with Gasteiger partial charge in [-0.2, -0.15) is 0 Å². The third-order valence-electron chi connectivity index (χ3n) is 4.00. The Balaban J connectivity index is 1.56. The zero-order chi connectivity index (χ0) is 19.8. The molecule has 6 heteroatoms. The van der Waals surface area contributed by atoms with Gasteiger partial charge in [0.15, 0.2) is 0 Å². The van der Waals surface area contributed by atoms with Gasteiger partial charge in [-0.3, -0.25) is 9.78 Å². The van der Waals surface area contributed by atoms with E-state index in [-0.39, 0.29) is 5.91 Å². The molecule has 0 atom stereocenters. The molecule has 0 spiro atoms. The fourth-order valence-electron chi connectivity index (χ4n) is 2.51. The summed E-state index contributed by atoms with van der Waals surface area (Å²) in [6.07, 6.45) is 2.64. The molecule has 0 fully saturated rings. The summed E-state index contributed by atoms with van der Waals surface area (Å²) in [4.78, 5) is 16.6. The van der Waals surface area contributed by atoms with E-state index in [1.807, 2.05) is 42.5 Å². The van der Waals surface area contributed by atoms with E-state index in [1.165, 1.54) is 0 Å². The number of ether oxygens (including phenoxy) is 1. The van der Waals surface area contributed by atoms with Gasteiger partial charge in [-0.1, -0.05) is 30.7 Å². The van der Waals surface area contributed by atoms with Crippen LogP contribution in [-0.2, 0) is 6.61 Å². The van der Waals surface area contributed by atoms with Crippen molar-refractivity contribution in [2.24, 2.45) is 0 Å². The molecule has 0 aliphatic carbocycles. The number of amides is 1. The molecular formula is C22H22ClN3O2. The summed E-state index contributed by atoms with van der Waals surface area (Å²) >= 11 is 5.88. The van der Waals surface area contributed by atoms with Gasteiger partial charge in [-0.15, -0.1) is 0 Å². The maximum atomic E-state index is 12.4. The second kappa shape index (κ2) is 9.76. The van der Waals surface area contributed by atoms with Crippen LogP contribution in [0.4, 0.5) is 11.4 Å². The number of nitrogens with zero attached hydrogens (tertiary/aromatic N) is 1. The van der Waals surface area contributed by atoms with Crippen molar-refractivity contribution in [3.05, 3.63) is 83.1 Å². The molecule has 0 bridgehead atoms. The molecular weight excluding hydrogens is 374 g/mol. The highest BCUT2D eigenvalue weighted by Crippen LogP contribution is 2.19. The average molecular weight is 396 g/mol. The Hall–Kier alpha value is -3.05. The van der Waals surface area contributed by atoms with Crippen LogP contribution in [0.25, 0.3) is 0 Å². The molecule has 2 aromatic carbocycles. The summed E-state index contributed by atoms with van der Waals surface area (Å²) < 4.78 is 5.75. The highest BCUT2D eigenvalue weighted by Gasteiger charge is 2.08. The second-order valence-electron chi connectivity index (χ2n) is 6.25. The third-order valence-corrected chi connectivity index (χ3v) is 4.25. The van der Waals surface area contributed by atoms with E-state index in [2.05, 4.69) is 22.5 Å². The monoisotopic (exact) mass is 395 g/mol. The minimum atomic E-state index is -0.255. The van der Waals surface area contributed by atoms with Crippen LogP contribution in [0.5, 0.6) is 5.75 Å². The zero-order valence-electron chi connectivity index (χ0n) is 15.6. The van der Waals surface area contributed by atoms with Gasteiger partial charge in [0, 0.05) is 29.1 Å². The maximum Gasteiger partial charge on any atom is 0.274 e. The van der Waals surface area contributed by atoms with E-state index < -0.39 is 0 Å². The van der Waals surface area contributed by atoms with Gasteiger partial charge < -0.3 is 15.4 Å². The lowest BCUT2D eigenvalue weighted by Crippen LogP contribution is -2.14. The van der Waals surface area contributed by atoms with Crippen LogP contribution in [0.2, 0.25) is 5.02 Å². The van der Waals surface area contributed by atoms with Crippen molar-refractivity contribution in [1.29, 1.82) is 0 Å². The first kappa shape index (κ1) is 19.7. The van der Waals surface area contributed by atoms with Gasteiger partial charge >= 0.3 is 0 Å². The van der Waals surface area contributed by atoms with Crippen molar-refractivity contribution in [2.75, 3.05) is 17.2 Å². The molecule has 1 aromatic heterocycles. The molecule has 0 radical (unpaired) electrons. The summed E-state index contributed by atoms with van der Waals surface area (Å²) in [6.45, 7) is 3.39. The minimum Gasteiger partial charge on any atom is -0.489 e. The molecule has 0 unspecified atom stereocenters. The fourth-order valence-corrected chi connectivity index (χ4v) is 2.64. The molecule has 1 heterocycles. The van der Waals surface area contributed by atoms with Crippen molar-refractivity contribution in [2.45, 2.75) is 20.0 Å². The Morgan fingerprint density at radius 1 is 1.04 bits per heavy atom. The van der Waals surface area contributed by atoms with E-state index in [9.17, 15) is 4.79 Å². The van der Waals surface area contributed by atoms with Gasteiger partial charge in [0.25, 0.3) is 5.91 Å². The smallest absolute Gasteiger partial charge is 0.274 e. The van der Waals surface area contributed by atoms with Crippen molar-refractivity contribution in [3.8, 4) is 5.75 Å². The Morgan fingerprint density at radius 2 is 1.79 bits per heavy atom. The predicted octanol–water partition coefficient (Wildman–Crippen LogP) is 5.39. The number of nitrogens with one attached hydrogen (secondary N) is 2. The van der Waals surface area contributed by atoms with Crippen LogP contribution in [0.1, 0.15) is 29.4 Å². The maximum absolute atomic E-state index is 12.4. The molecule has 2 N–H and O–H groups in total. The number of rotatable bonds is 8. The molecule has 0 saturated heterocycles. The first-order chi connectivity index (χ1) is 13.6. The van der Waals surface area contributed by atoms with Crippen molar-refractivity contribution in [3.63, 3.8) is 0 Å². The Kier molecular flexibility index (Phi) is 6.87. The van der Waals surface area contributed by atoms with Gasteiger partial charge in [0.05, 0.1) is 0 Å². The largest absolute Gasteiger partial charge is 0.489 e. The quantitative estimate of drug-likeness (QED) is 0.536. The number of halogens is 1. The summed E-state index contributed by atoms with van der Waals surface area (Å²) in [5.74, 6) is 0.465. The first-order valence-electron chi connectivity index (χ1n) is 9.12. The Labute approximate surface area is 169 Å². The molecule has 0 saturated carbocycles. The minimum absolute atomic E-state index is 0.255. The van der Waals surface area contributed by atoms with Crippen LogP contribution in [0, 0.1) is 0 Å². The van der Waals surface area contributed by atoms with Crippen molar-refractivity contribution < 1.29 is 9.53 Å². The topological polar surface area (TPSA) is 63.2 Å². The second-order valence-corrected chi connectivity index (χ2v) is 6.69. The number of hydrogen-bond acceptors (Lipinski definition) is 4. The zero-order valence-corrected chi connectivity index (χ0v) is 16.4. The average Bonchev–Trinajstić information content (AvgIpc) is 2.73. The molecule has 0 aliphatic rings. The normalized spacial score (nSPS) is 10.4. The molecule has 5 nitrogen and oxygen atoms in total. The highest BCUT2D eigenvalue weighted by atomic mass is 35.5. The molecule has 1 amide bonds. The summed E-state index contributed by atoms with van der Waals surface area (Å²) in [5, 5.41) is 6.80. The standard InChI is InChI=1S/C22H22ClN3O2/c1-2-12-24-19-11-13-25-21(14-19)22(27)26-18-7-9-20(10-8-18)28-15-16-3-5-17(23)6-4-16/h3-11,13-14H,2,12,15H2,1H3,(H,24,25)(H,26,27). The Morgan fingerprint density at radius 3 is 2.50 bits per heavy atom. The fraction of sp³-hybridized carbons (Fsp3) is 0.182. The van der Waals surface area contributed by atoms with Gasteiger partial charge in [-0.25, -0.2) is 0 Å². The van der Waals surface area contributed by atoms with Crippen LogP contribution in [-0.4, -0.2) is 17.4 Å². The lowest BCUT2D eigenvalue weighted by Gasteiger charge is -2.09. The van der Waals surface area contributed by atoms with Gasteiger partial charge in [0.2, 0.25) is 0 Å². The van der Waals surface area contributed by atoms with E-state index in [4.69, 9.17) is 16.3 Å². The molecule has 28 heavy (non-hydrogen) atoms. The summed E-state index contributed by atoms with van der Waals surface area (Å²) in [5.41, 5.74) is 2.96. The van der Waals surface area contributed by atoms with Crippen LogP contribution in [0.15, 0.2) is 66.9 Å². The van der Waals surface area contributed by atoms with Crippen LogP contribution < -0.4 is 15.4 Å². The number of carbonyl (C=O) groups is 1. The first-order valence-corrected chi connectivity index (χ1v) is 9.50.